The van der Waals surface area contributed by atoms with Crippen molar-refractivity contribution in [3.63, 3.8) is 0 Å². The molecule has 0 unspecified atom stereocenters. The Kier molecular flexibility index (Phi) is 3.82. The molecule has 0 radical (unpaired) electrons. The monoisotopic (exact) mass is 290 g/mol. The fourth-order valence-corrected chi connectivity index (χ4v) is 2.89. The van der Waals surface area contributed by atoms with E-state index < -0.39 is 0 Å². The molecule has 3 N–H and O–H groups in total. The highest BCUT2D eigenvalue weighted by Crippen LogP contribution is 2.34. The predicted octanol–water partition coefficient (Wildman–Crippen LogP) is 1.22. The lowest BCUT2D eigenvalue weighted by Crippen LogP contribution is -2.39. The summed E-state index contributed by atoms with van der Waals surface area (Å²) < 4.78 is 0.824. The first-order chi connectivity index (χ1) is 8.49. The summed E-state index contributed by atoms with van der Waals surface area (Å²) >= 11 is 12.1. The van der Waals surface area contributed by atoms with Gasteiger partial charge >= 0.3 is 0 Å². The van der Waals surface area contributed by atoms with Crippen LogP contribution in [-0.2, 0) is 4.79 Å². The number of amides is 1. The molecule has 0 atom stereocenters. The number of carbonyl (C=O) groups excluding carboxylic acids is 1. The Morgan fingerprint density at radius 2 is 1.83 bits per heavy atom. The maximum absolute atomic E-state index is 11.1. The van der Waals surface area contributed by atoms with Crippen LogP contribution >= 0.6 is 23.2 Å². The second-order valence-electron chi connectivity index (χ2n) is 4.35. The quantitative estimate of drug-likeness (QED) is 0.636. The first kappa shape index (κ1) is 13.2. The molecule has 1 aliphatic heterocycles. The largest absolute Gasteiger partial charge is 0.369 e. The number of hydrogen-bond donors (Lipinski definition) is 2. The van der Waals surface area contributed by atoms with Gasteiger partial charge in [0.25, 0.3) is 0 Å². The molecule has 0 spiro atoms. The van der Waals surface area contributed by atoms with E-state index >= 15 is 0 Å². The Morgan fingerprint density at radius 3 is 2.28 bits per heavy atom. The van der Waals surface area contributed by atoms with Crippen LogP contribution in [0.3, 0.4) is 0 Å². The molecule has 98 valence electrons. The third kappa shape index (κ3) is 2.62. The predicted molar refractivity (Wildman–Crippen MR) is 68.0 cm³/mol. The number of pyridine rings is 1. The van der Waals surface area contributed by atoms with Gasteiger partial charge in [-0.1, -0.05) is 23.2 Å². The number of halogens is 2. The van der Waals surface area contributed by atoms with Crippen molar-refractivity contribution >= 4 is 34.8 Å². The number of aromatic nitrogens is 1. The van der Waals surface area contributed by atoms with E-state index in [0.717, 1.165) is 4.73 Å². The molecular weight excluding hydrogens is 277 g/mol. The topological polar surface area (TPSA) is 70.4 Å². The van der Waals surface area contributed by atoms with Gasteiger partial charge in [0.1, 0.15) is 10.0 Å². The molecule has 2 rings (SSSR count). The van der Waals surface area contributed by atoms with Gasteiger partial charge in [-0.15, -0.1) is 0 Å². The van der Waals surface area contributed by atoms with Crippen molar-refractivity contribution in [2.45, 2.75) is 12.8 Å². The van der Waals surface area contributed by atoms with E-state index in [4.69, 9.17) is 28.9 Å². The molecule has 1 amide bonds. The summed E-state index contributed by atoms with van der Waals surface area (Å²) in [6, 6.07) is 0. The minimum Gasteiger partial charge on any atom is -0.369 e. The van der Waals surface area contributed by atoms with Crippen molar-refractivity contribution in [2.24, 2.45) is 11.7 Å². The van der Waals surface area contributed by atoms with E-state index in [2.05, 4.69) is 0 Å². The van der Waals surface area contributed by atoms with Crippen LogP contribution < -0.4 is 15.4 Å². The van der Waals surface area contributed by atoms with E-state index in [1.807, 2.05) is 4.90 Å². The SMILES string of the molecule is NC(=O)C1CCN(c2c(Cl)c[n+](O)cc2Cl)CC1. The van der Waals surface area contributed by atoms with Crippen LogP contribution in [0.1, 0.15) is 12.8 Å². The van der Waals surface area contributed by atoms with E-state index in [9.17, 15) is 10.0 Å². The first-order valence-electron chi connectivity index (χ1n) is 5.63. The van der Waals surface area contributed by atoms with Gasteiger partial charge in [-0.3, -0.25) is 10.0 Å². The maximum atomic E-state index is 11.1. The Bertz CT molecular complexity index is 450. The highest BCUT2D eigenvalue weighted by Gasteiger charge is 2.27. The number of nitrogens with zero attached hydrogens (tertiary/aromatic N) is 2. The Labute approximate surface area is 115 Å². The molecule has 1 aromatic heterocycles. The van der Waals surface area contributed by atoms with Crippen LogP contribution in [0.5, 0.6) is 0 Å². The van der Waals surface area contributed by atoms with Gasteiger partial charge in [0, 0.05) is 23.7 Å². The molecule has 1 aliphatic rings. The smallest absolute Gasteiger partial charge is 0.243 e. The van der Waals surface area contributed by atoms with Gasteiger partial charge < -0.3 is 10.6 Å². The summed E-state index contributed by atoms with van der Waals surface area (Å²) in [6.07, 6.45) is 4.14. The molecule has 18 heavy (non-hydrogen) atoms. The van der Waals surface area contributed by atoms with Gasteiger partial charge in [-0.05, 0) is 12.8 Å². The lowest BCUT2D eigenvalue weighted by Gasteiger charge is -2.32. The van der Waals surface area contributed by atoms with E-state index in [1.54, 1.807) is 0 Å². The van der Waals surface area contributed by atoms with E-state index in [0.29, 0.717) is 41.7 Å². The molecule has 7 heteroatoms. The summed E-state index contributed by atoms with van der Waals surface area (Å²) in [4.78, 5) is 13.1. The Morgan fingerprint density at radius 1 is 1.33 bits per heavy atom. The zero-order chi connectivity index (χ0) is 13.3. The Balaban J connectivity index is 2.17. The molecule has 1 aromatic rings. The average molecular weight is 291 g/mol. The van der Waals surface area contributed by atoms with Gasteiger partial charge in [0.05, 0.1) is 5.69 Å². The fraction of sp³-hybridized carbons (Fsp3) is 0.455. The van der Waals surface area contributed by atoms with Crippen LogP contribution in [0, 0.1) is 5.92 Å². The van der Waals surface area contributed by atoms with Crippen molar-refractivity contribution in [1.82, 2.24) is 0 Å². The zero-order valence-corrected chi connectivity index (χ0v) is 11.2. The Hall–Kier alpha value is -1.20. The van der Waals surface area contributed by atoms with Gasteiger partial charge in [0.2, 0.25) is 18.3 Å². The normalized spacial score (nSPS) is 16.9. The number of piperidine rings is 1. The molecule has 0 aromatic carbocycles. The second-order valence-corrected chi connectivity index (χ2v) is 5.16. The van der Waals surface area contributed by atoms with E-state index in [1.165, 1.54) is 12.4 Å². The number of nitrogens with two attached hydrogens (primary N) is 1. The van der Waals surface area contributed by atoms with Crippen molar-refractivity contribution in [3.8, 4) is 0 Å². The van der Waals surface area contributed by atoms with Crippen molar-refractivity contribution in [2.75, 3.05) is 18.0 Å². The number of hydrogen-bond acceptors (Lipinski definition) is 3. The number of primary amides is 1. The lowest BCUT2D eigenvalue weighted by atomic mass is 9.96. The summed E-state index contributed by atoms with van der Waals surface area (Å²) in [5.74, 6) is -0.335. The molecule has 2 heterocycles. The van der Waals surface area contributed by atoms with Crippen LogP contribution in [0.25, 0.3) is 0 Å². The molecule has 0 aliphatic carbocycles. The van der Waals surface area contributed by atoms with Crippen molar-refractivity contribution < 1.29 is 14.7 Å². The fourth-order valence-electron chi connectivity index (χ4n) is 2.20. The summed E-state index contributed by atoms with van der Waals surface area (Å²) in [5.41, 5.74) is 5.97. The van der Waals surface area contributed by atoms with Crippen LogP contribution in [0.15, 0.2) is 12.4 Å². The molecule has 0 saturated carbocycles. The molecular formula is C11H14Cl2N3O2+. The first-order valence-corrected chi connectivity index (χ1v) is 6.38. The summed E-state index contributed by atoms with van der Waals surface area (Å²) in [7, 11) is 0. The highest BCUT2D eigenvalue weighted by molar-refractivity contribution is 6.38. The standard InChI is InChI=1S/C11H13Cl2N3O2/c12-8-5-16(18)6-9(13)10(8)15-3-1-7(2-4-15)11(14)17/h5-7H,1-4H2,(H2-,14,17,18)/p+1. The minimum absolute atomic E-state index is 0.0784. The third-order valence-electron chi connectivity index (χ3n) is 3.16. The number of rotatable bonds is 2. The van der Waals surface area contributed by atoms with Crippen molar-refractivity contribution in [1.29, 1.82) is 0 Å². The number of carbonyl (C=O) groups is 1. The van der Waals surface area contributed by atoms with Gasteiger partial charge in [0.15, 0.2) is 0 Å². The minimum atomic E-state index is -0.256. The molecule has 0 bridgehead atoms. The zero-order valence-electron chi connectivity index (χ0n) is 9.64. The summed E-state index contributed by atoms with van der Waals surface area (Å²) in [6.45, 7) is 1.34. The van der Waals surface area contributed by atoms with Gasteiger partial charge in [-0.25, -0.2) is 0 Å². The van der Waals surface area contributed by atoms with Crippen LogP contribution in [0.4, 0.5) is 5.69 Å². The average Bonchev–Trinajstić information content (AvgIpc) is 2.28. The molecule has 5 nitrogen and oxygen atoms in total. The molecule has 1 saturated heterocycles. The second kappa shape index (κ2) is 5.20. The lowest BCUT2D eigenvalue weighted by molar-refractivity contribution is -0.904. The molecule has 1 fully saturated rings. The van der Waals surface area contributed by atoms with Crippen LogP contribution in [0.2, 0.25) is 10.0 Å². The van der Waals surface area contributed by atoms with Crippen molar-refractivity contribution in [3.05, 3.63) is 22.4 Å². The van der Waals surface area contributed by atoms with Crippen LogP contribution in [-0.4, -0.2) is 24.2 Å². The summed E-state index contributed by atoms with van der Waals surface area (Å²) in [5, 5.41) is 10.1. The van der Waals surface area contributed by atoms with E-state index in [-0.39, 0.29) is 11.8 Å². The number of anilines is 1. The maximum Gasteiger partial charge on any atom is 0.243 e. The third-order valence-corrected chi connectivity index (χ3v) is 3.71. The van der Waals surface area contributed by atoms with Gasteiger partial charge in [-0.2, -0.15) is 0 Å². The highest BCUT2D eigenvalue weighted by atomic mass is 35.5.